The SMILES string of the molecule is COc1cc(CN2CCC(C(=O)N(CCO)Cc3ccccc3)CC2)cc(OC)c1.O=C(O)C(=O)O. The van der Waals surface area contributed by atoms with Gasteiger partial charge >= 0.3 is 11.9 Å². The summed E-state index contributed by atoms with van der Waals surface area (Å²) < 4.78 is 10.7. The Morgan fingerprint density at radius 2 is 1.47 bits per heavy atom. The van der Waals surface area contributed by atoms with Crippen LogP contribution in [0.1, 0.15) is 24.0 Å². The van der Waals surface area contributed by atoms with E-state index in [0.29, 0.717) is 13.1 Å². The number of aliphatic hydroxyl groups excluding tert-OH is 1. The number of ether oxygens (including phenoxy) is 2. The first-order chi connectivity index (χ1) is 17.3. The first-order valence-electron chi connectivity index (χ1n) is 11.6. The van der Waals surface area contributed by atoms with Crippen LogP contribution in [0.3, 0.4) is 0 Å². The van der Waals surface area contributed by atoms with Crippen molar-refractivity contribution < 1.29 is 39.2 Å². The van der Waals surface area contributed by atoms with Crippen LogP contribution in [-0.4, -0.2) is 83.4 Å². The summed E-state index contributed by atoms with van der Waals surface area (Å²) in [7, 11) is 3.31. The maximum Gasteiger partial charge on any atom is 0.414 e. The van der Waals surface area contributed by atoms with Crippen LogP contribution in [0.5, 0.6) is 11.5 Å². The lowest BCUT2D eigenvalue weighted by Crippen LogP contribution is -2.43. The molecule has 0 saturated carbocycles. The van der Waals surface area contributed by atoms with E-state index in [9.17, 15) is 9.90 Å². The van der Waals surface area contributed by atoms with Crippen LogP contribution in [0, 0.1) is 5.92 Å². The quantitative estimate of drug-likeness (QED) is 0.440. The largest absolute Gasteiger partial charge is 0.497 e. The molecule has 0 aliphatic carbocycles. The molecule has 196 valence electrons. The Kier molecular flexibility index (Phi) is 11.7. The van der Waals surface area contributed by atoms with E-state index in [1.165, 1.54) is 0 Å². The zero-order valence-electron chi connectivity index (χ0n) is 20.6. The van der Waals surface area contributed by atoms with Crippen molar-refractivity contribution in [3.63, 3.8) is 0 Å². The number of hydrogen-bond donors (Lipinski definition) is 3. The number of carbonyl (C=O) groups is 3. The van der Waals surface area contributed by atoms with E-state index in [4.69, 9.17) is 29.3 Å². The Bertz CT molecular complexity index is 956. The minimum absolute atomic E-state index is 0.0105. The average Bonchev–Trinajstić information content (AvgIpc) is 2.89. The van der Waals surface area contributed by atoms with Gasteiger partial charge in [-0.2, -0.15) is 0 Å². The van der Waals surface area contributed by atoms with E-state index in [2.05, 4.69) is 4.90 Å². The molecular formula is C26H34N2O8. The fourth-order valence-electron chi connectivity index (χ4n) is 4.00. The lowest BCUT2D eigenvalue weighted by Gasteiger charge is -2.34. The maximum atomic E-state index is 13.1. The summed E-state index contributed by atoms with van der Waals surface area (Å²) in [5, 5.41) is 24.2. The Labute approximate surface area is 210 Å². The van der Waals surface area contributed by atoms with E-state index in [1.54, 1.807) is 19.1 Å². The minimum atomic E-state index is -1.82. The van der Waals surface area contributed by atoms with Crippen molar-refractivity contribution in [2.75, 3.05) is 40.5 Å². The molecule has 0 unspecified atom stereocenters. The monoisotopic (exact) mass is 502 g/mol. The first kappa shape index (κ1) is 28.6. The molecule has 0 spiro atoms. The first-order valence-corrected chi connectivity index (χ1v) is 11.6. The van der Waals surface area contributed by atoms with Crippen LogP contribution < -0.4 is 9.47 Å². The minimum Gasteiger partial charge on any atom is -0.497 e. The van der Waals surface area contributed by atoms with Crippen molar-refractivity contribution in [2.24, 2.45) is 5.92 Å². The number of nitrogens with zero attached hydrogens (tertiary/aromatic N) is 2. The molecule has 10 heteroatoms. The molecule has 2 aromatic rings. The zero-order valence-corrected chi connectivity index (χ0v) is 20.6. The highest BCUT2D eigenvalue weighted by atomic mass is 16.5. The van der Waals surface area contributed by atoms with Gasteiger partial charge in [0.2, 0.25) is 5.91 Å². The van der Waals surface area contributed by atoms with E-state index < -0.39 is 11.9 Å². The molecular weight excluding hydrogens is 468 g/mol. The Hall–Kier alpha value is -3.63. The van der Waals surface area contributed by atoms with Crippen LogP contribution in [0.2, 0.25) is 0 Å². The van der Waals surface area contributed by atoms with Crippen molar-refractivity contribution >= 4 is 17.8 Å². The van der Waals surface area contributed by atoms with Crippen LogP contribution in [0.4, 0.5) is 0 Å². The number of benzene rings is 2. The molecule has 1 amide bonds. The summed E-state index contributed by atoms with van der Waals surface area (Å²) in [5.74, 6) is -1.91. The van der Waals surface area contributed by atoms with E-state index in [0.717, 1.165) is 55.1 Å². The van der Waals surface area contributed by atoms with E-state index >= 15 is 0 Å². The Balaban J connectivity index is 0.000000678. The van der Waals surface area contributed by atoms with Gasteiger partial charge in [0.15, 0.2) is 0 Å². The second kappa shape index (κ2) is 14.7. The highest BCUT2D eigenvalue weighted by Gasteiger charge is 2.28. The number of carbonyl (C=O) groups excluding carboxylic acids is 1. The number of amides is 1. The van der Waals surface area contributed by atoms with Gasteiger partial charge in [0.25, 0.3) is 0 Å². The number of methoxy groups -OCH3 is 2. The van der Waals surface area contributed by atoms with Gasteiger partial charge in [-0.1, -0.05) is 30.3 Å². The maximum absolute atomic E-state index is 13.1. The molecule has 0 bridgehead atoms. The van der Waals surface area contributed by atoms with Crippen LogP contribution in [-0.2, 0) is 27.5 Å². The molecule has 36 heavy (non-hydrogen) atoms. The third-order valence-corrected chi connectivity index (χ3v) is 5.84. The van der Waals surface area contributed by atoms with Crippen molar-refractivity contribution in [3.05, 3.63) is 59.7 Å². The van der Waals surface area contributed by atoms with E-state index in [1.807, 2.05) is 48.5 Å². The molecule has 2 aromatic carbocycles. The molecule has 10 nitrogen and oxygen atoms in total. The number of hydrogen-bond acceptors (Lipinski definition) is 7. The van der Waals surface area contributed by atoms with Gasteiger partial charge in [-0.15, -0.1) is 0 Å². The number of aliphatic hydroxyl groups is 1. The fourth-order valence-corrected chi connectivity index (χ4v) is 4.00. The average molecular weight is 503 g/mol. The van der Waals surface area contributed by atoms with Gasteiger partial charge in [0.1, 0.15) is 11.5 Å². The summed E-state index contributed by atoms with van der Waals surface area (Å²) in [6.07, 6.45) is 1.66. The number of likely N-dealkylation sites (tertiary alicyclic amines) is 1. The molecule has 1 aliphatic heterocycles. The predicted molar refractivity (Wildman–Crippen MR) is 132 cm³/mol. The topological polar surface area (TPSA) is 137 Å². The standard InChI is InChI=1S/C24H32N2O4.C2H2O4/c1-29-22-14-20(15-23(16-22)30-2)17-25-10-8-21(9-11-25)24(28)26(12-13-27)18-19-6-4-3-5-7-19;3-1(4)2(5)6/h3-7,14-16,21,27H,8-13,17-18H2,1-2H3;(H,3,4)(H,5,6). The molecule has 1 aliphatic rings. The predicted octanol–water partition coefficient (Wildman–Crippen LogP) is 2.09. The Morgan fingerprint density at radius 3 is 1.94 bits per heavy atom. The molecule has 3 N–H and O–H groups in total. The van der Waals surface area contributed by atoms with Crippen LogP contribution in [0.25, 0.3) is 0 Å². The summed E-state index contributed by atoms with van der Waals surface area (Å²) in [5.41, 5.74) is 2.23. The highest BCUT2D eigenvalue weighted by Crippen LogP contribution is 2.26. The molecule has 1 fully saturated rings. The van der Waals surface area contributed by atoms with Gasteiger partial charge in [0, 0.05) is 31.6 Å². The molecule has 3 rings (SSSR count). The molecule has 0 aromatic heterocycles. The summed E-state index contributed by atoms with van der Waals surface area (Å²) in [4.78, 5) is 35.4. The summed E-state index contributed by atoms with van der Waals surface area (Å²) in [6.45, 7) is 3.44. The van der Waals surface area contributed by atoms with Crippen molar-refractivity contribution in [1.82, 2.24) is 9.80 Å². The van der Waals surface area contributed by atoms with Crippen LogP contribution >= 0.6 is 0 Å². The fraction of sp³-hybridized carbons (Fsp3) is 0.423. The van der Waals surface area contributed by atoms with Crippen molar-refractivity contribution in [3.8, 4) is 11.5 Å². The number of carboxylic acids is 2. The Morgan fingerprint density at radius 1 is 0.917 bits per heavy atom. The second-order valence-corrected chi connectivity index (χ2v) is 8.35. The van der Waals surface area contributed by atoms with Crippen LogP contribution in [0.15, 0.2) is 48.5 Å². The smallest absolute Gasteiger partial charge is 0.414 e. The van der Waals surface area contributed by atoms with Gasteiger partial charge in [0.05, 0.1) is 20.8 Å². The second-order valence-electron chi connectivity index (χ2n) is 8.35. The number of rotatable bonds is 9. The number of piperidine rings is 1. The van der Waals surface area contributed by atoms with Gasteiger partial charge in [-0.05, 0) is 49.2 Å². The van der Waals surface area contributed by atoms with Gasteiger partial charge < -0.3 is 29.7 Å². The third-order valence-electron chi connectivity index (χ3n) is 5.84. The third kappa shape index (κ3) is 9.20. The summed E-state index contributed by atoms with van der Waals surface area (Å²) >= 11 is 0. The van der Waals surface area contributed by atoms with E-state index in [-0.39, 0.29) is 18.4 Å². The number of aliphatic carboxylic acids is 2. The molecule has 0 radical (unpaired) electrons. The number of carboxylic acid groups (broad SMARTS) is 2. The lowest BCUT2D eigenvalue weighted by atomic mass is 9.94. The summed E-state index contributed by atoms with van der Waals surface area (Å²) in [6, 6.07) is 15.9. The van der Waals surface area contributed by atoms with Gasteiger partial charge in [-0.3, -0.25) is 9.69 Å². The molecule has 1 heterocycles. The molecule has 1 saturated heterocycles. The zero-order chi connectivity index (χ0) is 26.5. The lowest BCUT2D eigenvalue weighted by molar-refractivity contribution is -0.159. The van der Waals surface area contributed by atoms with Crippen molar-refractivity contribution in [2.45, 2.75) is 25.9 Å². The normalized spacial score (nSPS) is 13.8. The highest BCUT2D eigenvalue weighted by molar-refractivity contribution is 6.27. The van der Waals surface area contributed by atoms with Crippen molar-refractivity contribution in [1.29, 1.82) is 0 Å². The molecule has 0 atom stereocenters. The van der Waals surface area contributed by atoms with Gasteiger partial charge in [-0.25, -0.2) is 9.59 Å².